The number of benzene rings is 2. The van der Waals surface area contributed by atoms with Crippen molar-refractivity contribution in [3.8, 4) is 11.5 Å². The maximum atomic E-state index is 12.3. The molecule has 142 valence electrons. The van der Waals surface area contributed by atoms with Crippen LogP contribution in [0.1, 0.15) is 28.4 Å². The summed E-state index contributed by atoms with van der Waals surface area (Å²) in [6.45, 7) is 2.92. The number of rotatable bonds is 8. The Hall–Kier alpha value is -3.67. The number of nitrogens with one attached hydrogen (secondary N) is 1. The summed E-state index contributed by atoms with van der Waals surface area (Å²) in [6, 6.07) is 18.3. The Morgan fingerprint density at radius 2 is 1.86 bits per heavy atom. The van der Waals surface area contributed by atoms with Crippen LogP contribution >= 0.6 is 0 Å². The van der Waals surface area contributed by atoms with Gasteiger partial charge < -0.3 is 9.47 Å². The molecule has 0 atom stereocenters. The predicted molar refractivity (Wildman–Crippen MR) is 108 cm³/mol. The molecule has 0 saturated carbocycles. The summed E-state index contributed by atoms with van der Waals surface area (Å²) in [5, 5.41) is 3.96. The third-order valence-electron chi connectivity index (χ3n) is 3.79. The fourth-order valence-corrected chi connectivity index (χ4v) is 2.45. The standard InChI is InChI=1S/C22H21N3O3/c1-2-27-20-8-10-21(11-9-20)28-16-17-5-3-7-19(13-17)22(26)25-24-15-18-6-4-12-23-14-18/h3-15H,2,16H2,1H3,(H,25,26)/b24-15-. The maximum Gasteiger partial charge on any atom is 0.271 e. The van der Waals surface area contributed by atoms with E-state index in [-0.39, 0.29) is 5.91 Å². The maximum absolute atomic E-state index is 12.3. The molecule has 0 unspecified atom stereocenters. The van der Waals surface area contributed by atoms with E-state index < -0.39 is 0 Å². The lowest BCUT2D eigenvalue weighted by Crippen LogP contribution is -2.17. The summed E-state index contributed by atoms with van der Waals surface area (Å²) < 4.78 is 11.2. The topological polar surface area (TPSA) is 72.8 Å². The second-order valence-electron chi connectivity index (χ2n) is 5.88. The Morgan fingerprint density at radius 3 is 2.57 bits per heavy atom. The molecule has 2 aromatic carbocycles. The first-order valence-corrected chi connectivity index (χ1v) is 8.92. The number of ether oxygens (including phenoxy) is 2. The minimum Gasteiger partial charge on any atom is -0.494 e. The summed E-state index contributed by atoms with van der Waals surface area (Å²) in [6.07, 6.45) is 4.88. The van der Waals surface area contributed by atoms with Crippen molar-refractivity contribution in [2.75, 3.05) is 6.61 Å². The Kier molecular flexibility index (Phi) is 6.73. The number of carbonyl (C=O) groups excluding carboxylic acids is 1. The van der Waals surface area contributed by atoms with Gasteiger partial charge in [-0.2, -0.15) is 5.10 Å². The van der Waals surface area contributed by atoms with Crippen molar-refractivity contribution in [1.29, 1.82) is 0 Å². The van der Waals surface area contributed by atoms with Gasteiger partial charge in [-0.05, 0) is 55.0 Å². The van der Waals surface area contributed by atoms with Gasteiger partial charge in [0, 0.05) is 23.5 Å². The second-order valence-corrected chi connectivity index (χ2v) is 5.88. The van der Waals surface area contributed by atoms with E-state index in [0.717, 1.165) is 22.6 Å². The molecule has 28 heavy (non-hydrogen) atoms. The second kappa shape index (κ2) is 9.87. The molecule has 1 aromatic heterocycles. The SMILES string of the molecule is CCOc1ccc(OCc2cccc(C(=O)N/N=C\c3cccnc3)c2)cc1. The fraction of sp³-hybridized carbons (Fsp3) is 0.136. The minimum atomic E-state index is -0.289. The zero-order valence-electron chi connectivity index (χ0n) is 15.5. The van der Waals surface area contributed by atoms with Crippen LogP contribution in [-0.4, -0.2) is 23.7 Å². The average Bonchev–Trinajstić information content (AvgIpc) is 2.74. The van der Waals surface area contributed by atoms with Crippen LogP contribution in [0.2, 0.25) is 0 Å². The Bertz CT molecular complexity index is 925. The highest BCUT2D eigenvalue weighted by Crippen LogP contribution is 2.19. The van der Waals surface area contributed by atoms with Crippen LogP contribution in [0.25, 0.3) is 0 Å². The van der Waals surface area contributed by atoms with Gasteiger partial charge in [0.1, 0.15) is 18.1 Å². The van der Waals surface area contributed by atoms with Crippen LogP contribution in [0.4, 0.5) is 0 Å². The van der Waals surface area contributed by atoms with Gasteiger partial charge in [-0.1, -0.05) is 18.2 Å². The van der Waals surface area contributed by atoms with Crippen LogP contribution in [0.3, 0.4) is 0 Å². The van der Waals surface area contributed by atoms with Crippen LogP contribution in [0.5, 0.6) is 11.5 Å². The summed E-state index contributed by atoms with van der Waals surface area (Å²) in [5.74, 6) is 1.25. The van der Waals surface area contributed by atoms with E-state index in [0.29, 0.717) is 18.8 Å². The van der Waals surface area contributed by atoms with Crippen molar-refractivity contribution in [2.24, 2.45) is 5.10 Å². The Labute approximate surface area is 163 Å². The molecule has 1 heterocycles. The average molecular weight is 375 g/mol. The van der Waals surface area contributed by atoms with Gasteiger partial charge in [0.2, 0.25) is 0 Å². The van der Waals surface area contributed by atoms with E-state index in [1.54, 1.807) is 36.8 Å². The van der Waals surface area contributed by atoms with E-state index in [1.807, 2.05) is 49.4 Å². The van der Waals surface area contributed by atoms with Crippen LogP contribution in [-0.2, 0) is 6.61 Å². The van der Waals surface area contributed by atoms with Crippen molar-refractivity contribution in [3.63, 3.8) is 0 Å². The summed E-state index contributed by atoms with van der Waals surface area (Å²) in [5.41, 5.74) is 4.72. The van der Waals surface area contributed by atoms with Gasteiger partial charge in [-0.3, -0.25) is 9.78 Å². The third-order valence-corrected chi connectivity index (χ3v) is 3.79. The van der Waals surface area contributed by atoms with Crippen molar-refractivity contribution in [3.05, 3.63) is 89.7 Å². The molecule has 0 radical (unpaired) electrons. The smallest absolute Gasteiger partial charge is 0.271 e. The highest BCUT2D eigenvalue weighted by Gasteiger charge is 2.06. The first-order valence-electron chi connectivity index (χ1n) is 8.92. The third kappa shape index (κ3) is 5.67. The van der Waals surface area contributed by atoms with Crippen molar-refractivity contribution in [1.82, 2.24) is 10.4 Å². The van der Waals surface area contributed by atoms with Gasteiger partial charge in [-0.15, -0.1) is 0 Å². The van der Waals surface area contributed by atoms with E-state index in [9.17, 15) is 4.79 Å². The molecule has 3 rings (SSSR count). The molecule has 1 amide bonds. The number of carbonyl (C=O) groups is 1. The molecule has 0 saturated heterocycles. The molecule has 0 bridgehead atoms. The fourth-order valence-electron chi connectivity index (χ4n) is 2.45. The molecule has 0 aliphatic rings. The number of hydrogen-bond donors (Lipinski definition) is 1. The number of aromatic nitrogens is 1. The van der Waals surface area contributed by atoms with Gasteiger partial charge in [0.25, 0.3) is 5.91 Å². The number of nitrogens with zero attached hydrogens (tertiary/aromatic N) is 2. The normalized spacial score (nSPS) is 10.6. The number of hydrogen-bond acceptors (Lipinski definition) is 5. The highest BCUT2D eigenvalue weighted by molar-refractivity contribution is 5.95. The van der Waals surface area contributed by atoms with Crippen molar-refractivity contribution in [2.45, 2.75) is 13.5 Å². The lowest BCUT2D eigenvalue weighted by Gasteiger charge is -2.09. The van der Waals surface area contributed by atoms with E-state index in [1.165, 1.54) is 0 Å². The van der Waals surface area contributed by atoms with Crippen molar-refractivity contribution < 1.29 is 14.3 Å². The zero-order chi connectivity index (χ0) is 19.6. The highest BCUT2D eigenvalue weighted by atomic mass is 16.5. The van der Waals surface area contributed by atoms with Gasteiger partial charge in [0.05, 0.1) is 12.8 Å². The zero-order valence-corrected chi connectivity index (χ0v) is 15.5. The summed E-state index contributed by atoms with van der Waals surface area (Å²) >= 11 is 0. The molecule has 0 aliphatic heterocycles. The number of amides is 1. The molecule has 1 N–H and O–H groups in total. The monoisotopic (exact) mass is 375 g/mol. The molecule has 0 aliphatic carbocycles. The predicted octanol–water partition coefficient (Wildman–Crippen LogP) is 3.82. The number of hydrazone groups is 1. The quantitative estimate of drug-likeness (QED) is 0.480. The molecule has 0 spiro atoms. The first kappa shape index (κ1) is 19.1. The number of pyridine rings is 1. The lowest BCUT2D eigenvalue weighted by atomic mass is 10.1. The van der Waals surface area contributed by atoms with E-state index >= 15 is 0 Å². The first-order chi connectivity index (χ1) is 13.7. The molecule has 6 nitrogen and oxygen atoms in total. The Balaban J connectivity index is 1.55. The minimum absolute atomic E-state index is 0.289. The molecule has 6 heteroatoms. The molecule has 3 aromatic rings. The van der Waals surface area contributed by atoms with E-state index in [4.69, 9.17) is 9.47 Å². The molecule has 0 fully saturated rings. The van der Waals surface area contributed by atoms with Gasteiger partial charge >= 0.3 is 0 Å². The van der Waals surface area contributed by atoms with Crippen LogP contribution in [0.15, 0.2) is 78.2 Å². The van der Waals surface area contributed by atoms with E-state index in [2.05, 4.69) is 15.5 Å². The molecular weight excluding hydrogens is 354 g/mol. The largest absolute Gasteiger partial charge is 0.494 e. The summed E-state index contributed by atoms with van der Waals surface area (Å²) in [7, 11) is 0. The van der Waals surface area contributed by atoms with Crippen LogP contribution < -0.4 is 14.9 Å². The van der Waals surface area contributed by atoms with Gasteiger partial charge in [-0.25, -0.2) is 5.43 Å². The summed E-state index contributed by atoms with van der Waals surface area (Å²) in [4.78, 5) is 16.3. The molecular formula is C22H21N3O3. The Morgan fingerprint density at radius 1 is 1.07 bits per heavy atom. The van der Waals surface area contributed by atoms with Crippen molar-refractivity contribution >= 4 is 12.1 Å². The van der Waals surface area contributed by atoms with Gasteiger partial charge in [0.15, 0.2) is 0 Å². The lowest BCUT2D eigenvalue weighted by molar-refractivity contribution is 0.0955. The van der Waals surface area contributed by atoms with Crippen LogP contribution in [0, 0.1) is 0 Å².